The van der Waals surface area contributed by atoms with Gasteiger partial charge in [0, 0.05) is 6.42 Å². The summed E-state index contributed by atoms with van der Waals surface area (Å²) in [5.41, 5.74) is 0. The van der Waals surface area contributed by atoms with Crippen LogP contribution in [-0.4, -0.2) is 34.9 Å². The Kier molecular flexibility index (Phi) is 49.8. The highest BCUT2D eigenvalue weighted by atomic mass is 16.3. The molecule has 0 aromatic carbocycles. The van der Waals surface area contributed by atoms with E-state index < -0.39 is 12.1 Å². The number of hydrogen-bond acceptors (Lipinski definition) is 3. The first-order chi connectivity index (χ1) is 29.7. The lowest BCUT2D eigenvalue weighted by atomic mass is 10.0. The number of carbonyl (C=O) groups excluding carboxylic acids is 1. The van der Waals surface area contributed by atoms with E-state index in [1.54, 1.807) is 6.08 Å². The summed E-state index contributed by atoms with van der Waals surface area (Å²) in [6.45, 7) is 4.31. The van der Waals surface area contributed by atoms with Crippen LogP contribution in [0.25, 0.3) is 0 Å². The normalized spacial score (nSPS) is 13.3. The van der Waals surface area contributed by atoms with Gasteiger partial charge in [0.1, 0.15) is 0 Å². The number of allylic oxidation sites excluding steroid dienone is 9. The van der Waals surface area contributed by atoms with Crippen LogP contribution in [0.3, 0.4) is 0 Å². The van der Waals surface area contributed by atoms with Crippen molar-refractivity contribution in [1.82, 2.24) is 5.32 Å². The third-order valence-electron chi connectivity index (χ3n) is 12.0. The molecule has 4 nitrogen and oxygen atoms in total. The first-order valence-corrected chi connectivity index (χ1v) is 26.5. The minimum atomic E-state index is -0.877. The smallest absolute Gasteiger partial charge is 0.220 e. The van der Waals surface area contributed by atoms with Crippen LogP contribution in [0.2, 0.25) is 0 Å². The van der Waals surface area contributed by atoms with Gasteiger partial charge >= 0.3 is 0 Å². The zero-order chi connectivity index (χ0) is 43.5. The van der Waals surface area contributed by atoms with Gasteiger partial charge in [-0.05, 0) is 77.0 Å². The Bertz CT molecular complexity index is 996. The number of carbonyl (C=O) groups is 1. The molecule has 3 N–H and O–H groups in total. The zero-order valence-corrected chi connectivity index (χ0v) is 40.2. The maximum absolute atomic E-state index is 12.4. The highest BCUT2D eigenvalue weighted by molar-refractivity contribution is 5.76. The van der Waals surface area contributed by atoms with Crippen molar-refractivity contribution < 1.29 is 15.0 Å². The molecule has 0 radical (unpaired) electrons. The van der Waals surface area contributed by atoms with Crippen LogP contribution in [0.15, 0.2) is 60.8 Å². The lowest BCUT2D eigenvalue weighted by molar-refractivity contribution is -0.123. The first kappa shape index (κ1) is 58.1. The topological polar surface area (TPSA) is 69.6 Å². The number of unbranched alkanes of at least 4 members (excludes halogenated alkanes) is 33. The summed E-state index contributed by atoms with van der Waals surface area (Å²) < 4.78 is 0. The maximum atomic E-state index is 12.4. The summed E-state index contributed by atoms with van der Waals surface area (Å²) in [7, 11) is 0. The molecule has 0 bridgehead atoms. The van der Waals surface area contributed by atoms with Crippen LogP contribution < -0.4 is 5.32 Å². The summed E-state index contributed by atoms with van der Waals surface area (Å²) in [5.74, 6) is -0.0848. The Hall–Kier alpha value is -1.91. The summed E-state index contributed by atoms with van der Waals surface area (Å²) >= 11 is 0. The molecule has 0 saturated carbocycles. The van der Waals surface area contributed by atoms with E-state index in [-0.39, 0.29) is 12.5 Å². The van der Waals surface area contributed by atoms with E-state index in [0.29, 0.717) is 6.42 Å². The molecule has 2 atom stereocenters. The van der Waals surface area contributed by atoms with Gasteiger partial charge in [-0.25, -0.2) is 0 Å². The molecule has 0 aliphatic rings. The predicted molar refractivity (Wildman–Crippen MR) is 267 cm³/mol. The Morgan fingerprint density at radius 1 is 0.400 bits per heavy atom. The summed E-state index contributed by atoms with van der Waals surface area (Å²) in [4.78, 5) is 12.4. The van der Waals surface area contributed by atoms with Crippen molar-refractivity contribution in [2.24, 2.45) is 0 Å². The average molecular weight is 838 g/mol. The molecular weight excluding hydrogens is 735 g/mol. The summed E-state index contributed by atoms with van der Waals surface area (Å²) in [6, 6.07) is -0.653. The molecule has 0 heterocycles. The fourth-order valence-electron chi connectivity index (χ4n) is 7.89. The third-order valence-corrected chi connectivity index (χ3v) is 12.0. The molecule has 0 aromatic heterocycles. The van der Waals surface area contributed by atoms with Gasteiger partial charge < -0.3 is 15.5 Å². The number of amides is 1. The van der Waals surface area contributed by atoms with Gasteiger partial charge in [-0.1, -0.05) is 248 Å². The van der Waals surface area contributed by atoms with Gasteiger partial charge in [-0.15, -0.1) is 0 Å². The van der Waals surface area contributed by atoms with E-state index in [4.69, 9.17) is 0 Å². The van der Waals surface area contributed by atoms with Gasteiger partial charge in [0.25, 0.3) is 0 Å². The average Bonchev–Trinajstić information content (AvgIpc) is 3.25. The molecule has 4 heteroatoms. The molecule has 0 aliphatic carbocycles. The Morgan fingerprint density at radius 2 is 0.700 bits per heavy atom. The molecule has 0 aromatic rings. The van der Waals surface area contributed by atoms with E-state index in [1.165, 1.54) is 199 Å². The van der Waals surface area contributed by atoms with Gasteiger partial charge in [0.05, 0.1) is 18.8 Å². The van der Waals surface area contributed by atoms with E-state index >= 15 is 0 Å². The maximum Gasteiger partial charge on any atom is 0.220 e. The van der Waals surface area contributed by atoms with Crippen molar-refractivity contribution in [2.75, 3.05) is 6.61 Å². The van der Waals surface area contributed by atoms with Crippen LogP contribution in [0.4, 0.5) is 0 Å². The zero-order valence-electron chi connectivity index (χ0n) is 40.2. The summed E-state index contributed by atoms with van der Waals surface area (Å²) in [5, 5.41) is 23.1. The molecule has 2 unspecified atom stereocenters. The largest absolute Gasteiger partial charge is 0.394 e. The van der Waals surface area contributed by atoms with Crippen LogP contribution in [-0.2, 0) is 4.79 Å². The van der Waals surface area contributed by atoms with Crippen molar-refractivity contribution in [1.29, 1.82) is 0 Å². The second kappa shape index (κ2) is 51.4. The van der Waals surface area contributed by atoms with E-state index in [1.807, 2.05) is 6.08 Å². The quantitative estimate of drug-likeness (QED) is 0.0422. The van der Waals surface area contributed by atoms with Crippen LogP contribution in [0, 0.1) is 0 Å². The first-order valence-electron chi connectivity index (χ1n) is 26.5. The third kappa shape index (κ3) is 47.1. The van der Waals surface area contributed by atoms with Crippen LogP contribution in [0.5, 0.6) is 0 Å². The Morgan fingerprint density at radius 3 is 1.07 bits per heavy atom. The van der Waals surface area contributed by atoms with Crippen molar-refractivity contribution >= 4 is 5.91 Å². The standard InChI is InChI=1S/C56H103NO3/c1-3-5-7-9-11-13-15-17-19-21-23-25-27-28-30-31-33-35-37-39-41-43-45-47-49-51-55(59)54(53-58)57-56(60)52-50-48-46-44-42-40-38-36-34-32-29-26-24-22-20-18-16-14-12-10-8-6-4-2/h24,26,32-35,41,43,49,51,54-55,58-59H,3-23,25,27-31,36-40,42,44-48,50,52-53H2,1-2H3,(H,57,60)/b26-24-,34-32-,35-33+,43-41+,51-49+. The number of nitrogens with one attached hydrogen (secondary N) is 1. The molecule has 0 spiro atoms. The molecule has 350 valence electrons. The molecule has 0 saturated heterocycles. The summed E-state index contributed by atoms with van der Waals surface area (Å²) in [6.07, 6.45) is 72.2. The minimum Gasteiger partial charge on any atom is -0.394 e. The molecule has 1 amide bonds. The number of aliphatic hydroxyl groups excluding tert-OH is 2. The van der Waals surface area contributed by atoms with Crippen LogP contribution >= 0.6 is 0 Å². The van der Waals surface area contributed by atoms with E-state index in [2.05, 4.69) is 67.8 Å². The highest BCUT2D eigenvalue weighted by Crippen LogP contribution is 2.15. The fraction of sp³-hybridized carbons (Fsp3) is 0.804. The predicted octanol–water partition coefficient (Wildman–Crippen LogP) is 17.2. The molecular formula is C56H103NO3. The van der Waals surface area contributed by atoms with Gasteiger partial charge in [-0.3, -0.25) is 4.79 Å². The van der Waals surface area contributed by atoms with Crippen molar-refractivity contribution in [3.05, 3.63) is 60.8 Å². The fourth-order valence-corrected chi connectivity index (χ4v) is 7.89. The molecule has 0 aliphatic heterocycles. The van der Waals surface area contributed by atoms with Crippen molar-refractivity contribution in [2.45, 2.75) is 283 Å². The van der Waals surface area contributed by atoms with Crippen LogP contribution in [0.1, 0.15) is 271 Å². The monoisotopic (exact) mass is 838 g/mol. The Balaban J connectivity index is 3.61. The lowest BCUT2D eigenvalue weighted by Gasteiger charge is -2.19. The van der Waals surface area contributed by atoms with E-state index in [9.17, 15) is 15.0 Å². The highest BCUT2D eigenvalue weighted by Gasteiger charge is 2.17. The number of rotatable bonds is 48. The van der Waals surface area contributed by atoms with E-state index in [0.717, 1.165) is 51.4 Å². The minimum absolute atomic E-state index is 0.0848. The van der Waals surface area contributed by atoms with Gasteiger partial charge in [0.2, 0.25) is 5.91 Å². The second-order valence-corrected chi connectivity index (χ2v) is 17.9. The van der Waals surface area contributed by atoms with Crippen molar-refractivity contribution in [3.63, 3.8) is 0 Å². The number of aliphatic hydroxyl groups is 2. The lowest BCUT2D eigenvalue weighted by Crippen LogP contribution is -2.45. The van der Waals surface area contributed by atoms with Gasteiger partial charge in [0.15, 0.2) is 0 Å². The van der Waals surface area contributed by atoms with Crippen molar-refractivity contribution in [3.8, 4) is 0 Å². The molecule has 0 rings (SSSR count). The molecule has 60 heavy (non-hydrogen) atoms. The SMILES string of the molecule is CCCCCCCCCCC/C=C\C/C=C\CCCCCCCCCC(=O)NC(CO)C(O)/C=C/CC/C=C/CC/C=C/CCCCCCCCCCCCCCCCC. The number of hydrogen-bond donors (Lipinski definition) is 3. The molecule has 0 fully saturated rings. The Labute approximate surface area is 375 Å². The second-order valence-electron chi connectivity index (χ2n) is 17.9. The van der Waals surface area contributed by atoms with Gasteiger partial charge in [-0.2, -0.15) is 0 Å².